The van der Waals surface area contributed by atoms with Crippen LogP contribution in [-0.4, -0.2) is 61.2 Å². The molecule has 0 saturated heterocycles. The van der Waals surface area contributed by atoms with E-state index in [0.29, 0.717) is 5.17 Å². The van der Waals surface area contributed by atoms with E-state index in [1.807, 2.05) is 54.4 Å². The second kappa shape index (κ2) is 18.4. The molecule has 0 amide bonds. The molecule has 2 heterocycles. The molecule has 2 N–H and O–H groups in total. The summed E-state index contributed by atoms with van der Waals surface area (Å²) in [5.41, 5.74) is 8.01. The number of ether oxygens (including phenoxy) is 1. The minimum absolute atomic E-state index is 0.0233. The Morgan fingerprint density at radius 2 is 1.28 bits per heavy atom. The van der Waals surface area contributed by atoms with E-state index in [0.717, 1.165) is 55.0 Å². The fraction of sp³-hybridized carbons (Fsp3) is 0.146. The van der Waals surface area contributed by atoms with Gasteiger partial charge >= 0.3 is 0 Å². The quantitative estimate of drug-likeness (QED) is 0.123. The third kappa shape index (κ3) is 10.2. The zero-order chi connectivity index (χ0) is 43.3. The SMILES string of the molecule is CN1CCc2c(c3ccccc3n2Cc2ccccc2)C1.Cc1cccc(N(C)C(=S)Oc2ccc3ccccc3c2)c1.O=S(=O)(O)c1cccc2c(S(=O)(=O)O)cccc12. The molecule has 0 fully saturated rings. The molecule has 312 valence electrons. The van der Waals surface area contributed by atoms with Gasteiger partial charge in [-0.25, -0.2) is 0 Å². The van der Waals surface area contributed by atoms with Gasteiger partial charge < -0.3 is 19.1 Å². The van der Waals surface area contributed by atoms with Crippen molar-refractivity contribution < 1.29 is 30.7 Å². The van der Waals surface area contributed by atoms with Gasteiger partial charge in [-0.15, -0.1) is 0 Å². The molecule has 61 heavy (non-hydrogen) atoms. The normalized spacial score (nSPS) is 12.8. The number of likely N-dealkylation sites (N-methyl/N-ethyl adjacent to an activating group) is 1. The largest absolute Gasteiger partial charge is 0.432 e. The van der Waals surface area contributed by atoms with E-state index in [-0.39, 0.29) is 10.8 Å². The number of aromatic nitrogens is 1. The lowest BCUT2D eigenvalue weighted by Gasteiger charge is -2.24. The number of fused-ring (bicyclic) bond motifs is 5. The Morgan fingerprint density at radius 3 is 1.93 bits per heavy atom. The number of benzene rings is 7. The Morgan fingerprint density at radius 1 is 0.689 bits per heavy atom. The number of rotatable bonds is 6. The summed E-state index contributed by atoms with van der Waals surface area (Å²) in [6.07, 6.45) is 1.15. The summed E-state index contributed by atoms with van der Waals surface area (Å²) in [6, 6.07) is 49.5. The van der Waals surface area contributed by atoms with Crippen molar-refractivity contribution in [3.05, 3.63) is 180 Å². The maximum atomic E-state index is 11.2. The minimum atomic E-state index is -4.47. The number of para-hydroxylation sites is 1. The van der Waals surface area contributed by atoms with E-state index in [2.05, 4.69) is 102 Å². The van der Waals surface area contributed by atoms with Crippen molar-refractivity contribution in [3.8, 4) is 5.75 Å². The minimum Gasteiger partial charge on any atom is -0.432 e. The van der Waals surface area contributed by atoms with E-state index in [9.17, 15) is 16.8 Å². The topological polar surface area (TPSA) is 129 Å². The highest BCUT2D eigenvalue weighted by atomic mass is 32.2. The fourth-order valence-corrected chi connectivity index (χ4v) is 9.14. The van der Waals surface area contributed by atoms with E-state index in [1.54, 1.807) is 0 Å². The van der Waals surface area contributed by atoms with Crippen molar-refractivity contribution in [3.63, 3.8) is 0 Å². The zero-order valence-electron chi connectivity index (χ0n) is 33.8. The lowest BCUT2D eigenvalue weighted by Crippen LogP contribution is -2.29. The van der Waals surface area contributed by atoms with Crippen molar-refractivity contribution >= 4 is 75.8 Å². The standard InChI is InChI=1S/C19H20N2.C19H17NOS.C10H8O6S2/c1-20-12-11-19-17(14-20)16-9-5-6-10-18(16)21(19)13-15-7-3-2-4-8-15;1-14-6-5-9-17(12-14)20(2)19(22)21-18-11-10-15-7-3-4-8-16(15)13-18;11-17(12,13)9-5-1-3-7-8(9)4-2-6-10(7)18(14,15)16/h2-10H,11-14H2,1H3;3-13H,1-2H3;1-6H,(H,11,12,13)(H,14,15,16). The first-order chi connectivity index (χ1) is 29.2. The van der Waals surface area contributed by atoms with Gasteiger partial charge in [0.15, 0.2) is 0 Å². The second-order valence-electron chi connectivity index (χ2n) is 14.8. The molecule has 0 saturated carbocycles. The first-order valence-corrected chi connectivity index (χ1v) is 22.8. The van der Waals surface area contributed by atoms with Crippen LogP contribution in [0.3, 0.4) is 0 Å². The van der Waals surface area contributed by atoms with Crippen LogP contribution in [0.15, 0.2) is 168 Å². The first-order valence-electron chi connectivity index (χ1n) is 19.5. The van der Waals surface area contributed by atoms with E-state index >= 15 is 0 Å². The monoisotopic (exact) mass is 871 g/mol. The summed E-state index contributed by atoms with van der Waals surface area (Å²) in [5.74, 6) is 0.753. The lowest BCUT2D eigenvalue weighted by molar-refractivity contribution is 0.310. The molecule has 1 aliphatic rings. The molecule has 1 aliphatic heterocycles. The molecular weight excluding hydrogens is 827 g/mol. The fourth-order valence-electron chi connectivity index (χ4n) is 7.53. The molecular formula is C48H45N3O7S3. The van der Waals surface area contributed by atoms with Crippen molar-refractivity contribution in [2.75, 3.05) is 25.5 Å². The predicted octanol–water partition coefficient (Wildman–Crippen LogP) is 9.96. The van der Waals surface area contributed by atoms with Crippen LogP contribution in [0.25, 0.3) is 32.4 Å². The van der Waals surface area contributed by atoms with Crippen LogP contribution in [0.5, 0.6) is 5.75 Å². The number of thiocarbonyl (C=S) groups is 1. The molecule has 0 unspecified atom stereocenters. The lowest BCUT2D eigenvalue weighted by atomic mass is 10.1. The number of anilines is 1. The van der Waals surface area contributed by atoms with Crippen LogP contribution in [0.4, 0.5) is 5.69 Å². The smallest absolute Gasteiger partial charge is 0.295 e. The second-order valence-corrected chi connectivity index (χ2v) is 18.0. The number of aryl methyl sites for hydroxylation is 1. The van der Waals surface area contributed by atoms with Gasteiger partial charge in [-0.1, -0.05) is 115 Å². The molecule has 0 radical (unpaired) electrons. The van der Waals surface area contributed by atoms with Crippen LogP contribution in [0.2, 0.25) is 0 Å². The Labute approximate surface area is 361 Å². The van der Waals surface area contributed by atoms with Gasteiger partial charge in [-0.05, 0) is 96.1 Å². The zero-order valence-corrected chi connectivity index (χ0v) is 36.3. The van der Waals surface area contributed by atoms with Gasteiger partial charge in [-0.2, -0.15) is 16.8 Å². The summed E-state index contributed by atoms with van der Waals surface area (Å²) in [7, 11) is -4.81. The van der Waals surface area contributed by atoms with Crippen molar-refractivity contribution in [1.29, 1.82) is 0 Å². The van der Waals surface area contributed by atoms with Gasteiger partial charge in [0.2, 0.25) is 0 Å². The van der Waals surface area contributed by atoms with Gasteiger partial charge in [0, 0.05) is 66.2 Å². The molecule has 0 spiro atoms. The predicted molar refractivity (Wildman–Crippen MR) is 248 cm³/mol. The van der Waals surface area contributed by atoms with Gasteiger partial charge in [0.05, 0.1) is 0 Å². The van der Waals surface area contributed by atoms with Crippen molar-refractivity contribution in [1.82, 2.24) is 9.47 Å². The number of hydrogen-bond acceptors (Lipinski definition) is 7. The van der Waals surface area contributed by atoms with Crippen LogP contribution in [0, 0.1) is 6.92 Å². The third-order valence-electron chi connectivity index (χ3n) is 10.5. The van der Waals surface area contributed by atoms with Crippen LogP contribution >= 0.6 is 12.2 Å². The van der Waals surface area contributed by atoms with Gasteiger partial charge in [0.1, 0.15) is 15.5 Å². The summed E-state index contributed by atoms with van der Waals surface area (Å²) >= 11 is 5.41. The highest BCUT2D eigenvalue weighted by molar-refractivity contribution is 7.86. The average Bonchev–Trinajstić information content (AvgIpc) is 3.55. The number of nitrogens with zero attached hydrogens (tertiary/aromatic N) is 3. The summed E-state index contributed by atoms with van der Waals surface area (Å²) in [5, 5.41) is 4.23. The Kier molecular flexibility index (Phi) is 13.0. The van der Waals surface area contributed by atoms with Gasteiger partial charge in [-0.3, -0.25) is 9.11 Å². The Hall–Kier alpha value is -5.93. The highest BCUT2D eigenvalue weighted by Gasteiger charge is 2.22. The van der Waals surface area contributed by atoms with E-state index < -0.39 is 30.0 Å². The molecule has 7 aromatic carbocycles. The molecule has 9 rings (SSSR count). The maximum Gasteiger partial charge on any atom is 0.295 e. The Bertz CT molecular complexity index is 3030. The molecule has 0 atom stereocenters. The van der Waals surface area contributed by atoms with Crippen LogP contribution in [-0.2, 0) is 39.7 Å². The molecule has 8 aromatic rings. The van der Waals surface area contributed by atoms with Crippen LogP contribution in [0.1, 0.15) is 22.4 Å². The molecule has 10 nitrogen and oxygen atoms in total. The summed E-state index contributed by atoms with van der Waals surface area (Å²) in [6.45, 7) is 5.25. The summed E-state index contributed by atoms with van der Waals surface area (Å²) in [4.78, 5) is 3.47. The maximum absolute atomic E-state index is 11.2. The average molecular weight is 872 g/mol. The number of hydrogen-bond donors (Lipinski definition) is 2. The Balaban J connectivity index is 0.000000139. The van der Waals surface area contributed by atoms with E-state index in [1.165, 1.54) is 62.9 Å². The molecule has 0 aliphatic carbocycles. The first kappa shape index (κ1) is 43.2. The molecule has 13 heteroatoms. The van der Waals surface area contributed by atoms with Crippen molar-refractivity contribution in [2.45, 2.75) is 36.2 Å². The third-order valence-corrected chi connectivity index (χ3v) is 12.7. The van der Waals surface area contributed by atoms with Crippen LogP contribution < -0.4 is 9.64 Å². The van der Waals surface area contributed by atoms with Gasteiger partial charge in [0.25, 0.3) is 25.4 Å². The molecule has 0 bridgehead atoms. The van der Waals surface area contributed by atoms with Crippen molar-refractivity contribution in [2.24, 2.45) is 0 Å². The highest BCUT2D eigenvalue weighted by Crippen LogP contribution is 2.32. The summed E-state index contributed by atoms with van der Waals surface area (Å²) < 4.78 is 71.0. The molecule has 1 aromatic heterocycles. The van der Waals surface area contributed by atoms with E-state index in [4.69, 9.17) is 26.1 Å².